The van der Waals surface area contributed by atoms with Crippen LogP contribution >= 0.6 is 0 Å². The second-order valence-corrected chi connectivity index (χ2v) is 7.73. The van der Waals surface area contributed by atoms with E-state index in [0.29, 0.717) is 18.2 Å². The molecule has 0 bridgehead atoms. The van der Waals surface area contributed by atoms with Gasteiger partial charge < -0.3 is 5.32 Å². The van der Waals surface area contributed by atoms with E-state index in [4.69, 9.17) is 0 Å². The summed E-state index contributed by atoms with van der Waals surface area (Å²) in [4.78, 5) is 12.3. The molecule has 3 rings (SSSR count). The first-order valence-electron chi connectivity index (χ1n) is 10.0. The zero-order valence-electron chi connectivity index (χ0n) is 17.2. The molecule has 3 aromatic rings. The number of rotatable bonds is 8. The predicted molar refractivity (Wildman–Crippen MR) is 116 cm³/mol. The Morgan fingerprint density at radius 2 is 1.76 bits per heavy atom. The summed E-state index contributed by atoms with van der Waals surface area (Å²) >= 11 is 0. The molecule has 0 spiro atoms. The van der Waals surface area contributed by atoms with Crippen LogP contribution in [0, 0.1) is 5.92 Å². The maximum Gasteiger partial charge on any atom is 0.244 e. The van der Waals surface area contributed by atoms with Crippen LogP contribution in [0.25, 0.3) is 6.08 Å². The van der Waals surface area contributed by atoms with Crippen molar-refractivity contribution >= 4 is 12.0 Å². The van der Waals surface area contributed by atoms with E-state index in [1.807, 2.05) is 43.5 Å². The number of carbonyl (C=O) groups excluding carboxylic acids is 1. The van der Waals surface area contributed by atoms with Crippen molar-refractivity contribution in [1.82, 2.24) is 20.3 Å². The lowest BCUT2D eigenvalue weighted by Gasteiger charge is -2.14. The minimum Gasteiger partial charge on any atom is -0.346 e. The van der Waals surface area contributed by atoms with Crippen LogP contribution in [0.15, 0.2) is 66.9 Å². The predicted octanol–water partition coefficient (Wildman–Crippen LogP) is 4.42. The third-order valence-corrected chi connectivity index (χ3v) is 4.63. The number of hydrogen-bond donors (Lipinski definition) is 1. The molecule has 5 nitrogen and oxygen atoms in total. The number of hydrogen-bond acceptors (Lipinski definition) is 3. The molecule has 1 N–H and O–H groups in total. The summed E-state index contributed by atoms with van der Waals surface area (Å²) in [6, 6.07) is 18.4. The Morgan fingerprint density at radius 3 is 2.45 bits per heavy atom. The third-order valence-electron chi connectivity index (χ3n) is 4.63. The molecule has 0 saturated carbocycles. The summed E-state index contributed by atoms with van der Waals surface area (Å²) in [7, 11) is 0. The van der Waals surface area contributed by atoms with Crippen molar-refractivity contribution in [3.63, 3.8) is 0 Å². The van der Waals surface area contributed by atoms with Gasteiger partial charge in [0.15, 0.2) is 0 Å². The normalized spacial score (nSPS) is 12.4. The van der Waals surface area contributed by atoms with E-state index in [1.165, 1.54) is 11.6 Å². The van der Waals surface area contributed by atoms with Crippen LogP contribution in [0.1, 0.15) is 49.2 Å². The smallest absolute Gasteiger partial charge is 0.244 e. The first-order valence-corrected chi connectivity index (χ1v) is 10.0. The second-order valence-electron chi connectivity index (χ2n) is 7.73. The van der Waals surface area contributed by atoms with E-state index in [0.717, 1.165) is 17.5 Å². The lowest BCUT2D eigenvalue weighted by Crippen LogP contribution is -2.24. The summed E-state index contributed by atoms with van der Waals surface area (Å²) in [5.41, 5.74) is 4.22. The third kappa shape index (κ3) is 6.42. The van der Waals surface area contributed by atoms with E-state index in [2.05, 4.69) is 53.7 Å². The van der Waals surface area contributed by atoms with Gasteiger partial charge >= 0.3 is 0 Å². The minimum atomic E-state index is -0.152. The number of carbonyl (C=O) groups is 1. The molecule has 1 aromatic heterocycles. The Bertz CT molecular complexity index is 943. The molecule has 5 heteroatoms. The van der Waals surface area contributed by atoms with Gasteiger partial charge in [0.2, 0.25) is 5.91 Å². The van der Waals surface area contributed by atoms with Crippen LogP contribution in [0.3, 0.4) is 0 Å². The maximum absolute atomic E-state index is 12.3. The van der Waals surface area contributed by atoms with Crippen LogP contribution in [-0.2, 0) is 17.8 Å². The number of amides is 1. The van der Waals surface area contributed by atoms with Gasteiger partial charge in [0.05, 0.1) is 18.8 Å². The summed E-state index contributed by atoms with van der Waals surface area (Å²) in [5, 5.41) is 11.2. The van der Waals surface area contributed by atoms with Crippen molar-refractivity contribution in [3.05, 3.63) is 89.3 Å². The fraction of sp³-hybridized carbons (Fsp3) is 0.292. The number of nitrogens with zero attached hydrogens (tertiary/aromatic N) is 3. The SMILES string of the molecule is CC(C)Cc1ccc([C@@H](C)NC(=O)/C=C/c2cn(Cc3ccccc3)nn2)cc1. The van der Waals surface area contributed by atoms with Gasteiger partial charge in [-0.05, 0) is 42.0 Å². The highest BCUT2D eigenvalue weighted by molar-refractivity contribution is 5.91. The Balaban J connectivity index is 1.53. The fourth-order valence-electron chi connectivity index (χ4n) is 3.16. The Morgan fingerprint density at radius 1 is 1.03 bits per heavy atom. The summed E-state index contributed by atoms with van der Waals surface area (Å²) in [6.45, 7) is 7.06. The van der Waals surface area contributed by atoms with E-state index in [1.54, 1.807) is 10.8 Å². The highest BCUT2D eigenvalue weighted by Crippen LogP contribution is 2.15. The number of nitrogens with one attached hydrogen (secondary N) is 1. The molecule has 0 unspecified atom stereocenters. The molecule has 150 valence electrons. The van der Waals surface area contributed by atoms with E-state index < -0.39 is 0 Å². The number of benzene rings is 2. The Hall–Kier alpha value is -3.21. The summed E-state index contributed by atoms with van der Waals surface area (Å²) < 4.78 is 1.76. The number of aromatic nitrogens is 3. The first-order chi connectivity index (χ1) is 14.0. The topological polar surface area (TPSA) is 59.8 Å². The molecule has 0 aliphatic rings. The Kier molecular flexibility index (Phi) is 6.95. The molecule has 1 heterocycles. The van der Waals surface area contributed by atoms with Gasteiger partial charge in [-0.3, -0.25) is 4.79 Å². The van der Waals surface area contributed by atoms with Crippen molar-refractivity contribution in [2.45, 2.75) is 39.8 Å². The van der Waals surface area contributed by atoms with Crippen molar-refractivity contribution in [1.29, 1.82) is 0 Å². The standard InChI is InChI=1S/C24H28N4O/c1-18(2)15-20-9-11-22(12-10-20)19(3)25-24(29)14-13-23-17-28(27-26-23)16-21-7-5-4-6-8-21/h4-14,17-19H,15-16H2,1-3H3,(H,25,29)/b14-13+/t19-/m1/s1. The quantitative estimate of drug-likeness (QED) is 0.581. The molecule has 0 fully saturated rings. The highest BCUT2D eigenvalue weighted by Gasteiger charge is 2.08. The molecular formula is C24H28N4O. The van der Waals surface area contributed by atoms with Gasteiger partial charge in [-0.15, -0.1) is 5.10 Å². The van der Waals surface area contributed by atoms with Gasteiger partial charge in [-0.25, -0.2) is 4.68 Å². The summed E-state index contributed by atoms with van der Waals surface area (Å²) in [6.07, 6.45) is 6.07. The van der Waals surface area contributed by atoms with E-state index in [9.17, 15) is 4.79 Å². The molecular weight excluding hydrogens is 360 g/mol. The average molecular weight is 389 g/mol. The largest absolute Gasteiger partial charge is 0.346 e. The van der Waals surface area contributed by atoms with Crippen molar-refractivity contribution < 1.29 is 4.79 Å². The molecule has 0 radical (unpaired) electrons. The van der Waals surface area contributed by atoms with E-state index in [-0.39, 0.29) is 11.9 Å². The molecule has 0 aliphatic heterocycles. The first kappa shape index (κ1) is 20.5. The Labute approximate surface area is 172 Å². The summed E-state index contributed by atoms with van der Waals surface area (Å²) in [5.74, 6) is 0.482. The molecule has 0 aliphatic carbocycles. The molecule has 0 saturated heterocycles. The van der Waals surface area contributed by atoms with Gasteiger partial charge in [-0.2, -0.15) is 0 Å². The zero-order chi connectivity index (χ0) is 20.6. The van der Waals surface area contributed by atoms with Crippen LogP contribution in [0.2, 0.25) is 0 Å². The van der Waals surface area contributed by atoms with Gasteiger partial charge in [0.25, 0.3) is 0 Å². The van der Waals surface area contributed by atoms with Crippen LogP contribution in [0.5, 0.6) is 0 Å². The van der Waals surface area contributed by atoms with Crippen molar-refractivity contribution in [2.75, 3.05) is 0 Å². The maximum atomic E-state index is 12.3. The average Bonchev–Trinajstić information content (AvgIpc) is 3.14. The van der Waals surface area contributed by atoms with Gasteiger partial charge in [0, 0.05) is 6.08 Å². The van der Waals surface area contributed by atoms with E-state index >= 15 is 0 Å². The molecule has 29 heavy (non-hydrogen) atoms. The highest BCUT2D eigenvalue weighted by atomic mass is 16.1. The van der Waals surface area contributed by atoms with Crippen molar-refractivity contribution in [3.8, 4) is 0 Å². The molecule has 2 aromatic carbocycles. The van der Waals surface area contributed by atoms with Crippen molar-refractivity contribution in [2.24, 2.45) is 5.92 Å². The monoisotopic (exact) mass is 388 g/mol. The molecule has 1 atom stereocenters. The van der Waals surface area contributed by atoms with Crippen LogP contribution < -0.4 is 5.32 Å². The van der Waals surface area contributed by atoms with Gasteiger partial charge in [-0.1, -0.05) is 73.7 Å². The van der Waals surface area contributed by atoms with Crippen LogP contribution in [-0.4, -0.2) is 20.9 Å². The molecule has 1 amide bonds. The van der Waals surface area contributed by atoms with Crippen LogP contribution in [0.4, 0.5) is 0 Å². The fourth-order valence-corrected chi connectivity index (χ4v) is 3.16. The lowest BCUT2D eigenvalue weighted by molar-refractivity contribution is -0.117. The van der Waals surface area contributed by atoms with Gasteiger partial charge in [0.1, 0.15) is 5.69 Å². The zero-order valence-corrected chi connectivity index (χ0v) is 17.2. The minimum absolute atomic E-state index is 0.0611. The second kappa shape index (κ2) is 9.82. The lowest BCUT2D eigenvalue weighted by atomic mass is 10.00.